The molecule has 0 saturated carbocycles. The molecule has 0 spiro atoms. The maximum absolute atomic E-state index is 9.55. The average Bonchev–Trinajstić information content (AvgIpc) is 2.86. The molecule has 0 aliphatic heterocycles. The van der Waals surface area contributed by atoms with Gasteiger partial charge in [0, 0.05) is 6.54 Å². The van der Waals surface area contributed by atoms with Gasteiger partial charge < -0.3 is 20.0 Å². The van der Waals surface area contributed by atoms with Gasteiger partial charge >= 0.3 is 0 Å². The zero-order chi connectivity index (χ0) is 12.1. The van der Waals surface area contributed by atoms with Gasteiger partial charge in [-0.1, -0.05) is 12.1 Å². The van der Waals surface area contributed by atoms with Crippen LogP contribution in [0.1, 0.15) is 11.7 Å². The largest absolute Gasteiger partial charge is 0.504 e. The lowest BCUT2D eigenvalue weighted by Gasteiger charge is -2.14. The highest BCUT2D eigenvalue weighted by molar-refractivity contribution is 5.37. The molecule has 3 N–H and O–H groups in total. The monoisotopic (exact) mass is 233 g/mol. The minimum absolute atomic E-state index is 0.00962. The number of ether oxygens (including phenoxy) is 1. The Hall–Kier alpha value is -1.94. The maximum Gasteiger partial charge on any atom is 0.160 e. The summed E-state index contributed by atoms with van der Waals surface area (Å²) < 4.78 is 10.8. The van der Waals surface area contributed by atoms with E-state index in [4.69, 9.17) is 14.9 Å². The van der Waals surface area contributed by atoms with Crippen LogP contribution in [0, 0.1) is 0 Å². The van der Waals surface area contributed by atoms with Crippen LogP contribution in [0.5, 0.6) is 11.5 Å². The molecule has 1 atom stereocenters. The minimum Gasteiger partial charge on any atom is -0.504 e. The van der Waals surface area contributed by atoms with E-state index in [0.29, 0.717) is 18.9 Å². The molecule has 1 heterocycles. The highest BCUT2D eigenvalue weighted by Gasteiger charge is 2.14. The van der Waals surface area contributed by atoms with Crippen LogP contribution in [-0.2, 0) is 0 Å². The number of rotatable bonds is 5. The summed E-state index contributed by atoms with van der Waals surface area (Å²) in [6.07, 6.45) is 1.61. The molecule has 1 unspecified atom stereocenters. The van der Waals surface area contributed by atoms with E-state index in [1.165, 1.54) is 0 Å². The second-order valence-corrected chi connectivity index (χ2v) is 3.73. The molecule has 0 bridgehead atoms. The van der Waals surface area contributed by atoms with E-state index in [1.54, 1.807) is 30.5 Å². The van der Waals surface area contributed by atoms with Crippen molar-refractivity contribution < 1.29 is 14.3 Å². The number of benzene rings is 1. The summed E-state index contributed by atoms with van der Waals surface area (Å²) in [5, 5.41) is 9.55. The first-order chi connectivity index (χ1) is 8.31. The van der Waals surface area contributed by atoms with Gasteiger partial charge in [-0.25, -0.2) is 0 Å². The molecule has 0 saturated heterocycles. The second kappa shape index (κ2) is 5.41. The third-order valence-electron chi connectivity index (χ3n) is 2.54. The summed E-state index contributed by atoms with van der Waals surface area (Å²) in [4.78, 5) is 0. The van der Waals surface area contributed by atoms with Crippen LogP contribution in [-0.4, -0.2) is 18.3 Å². The SMILES string of the molecule is NCC(COc1ccccc1O)c1ccco1. The van der Waals surface area contributed by atoms with Crippen LogP contribution >= 0.6 is 0 Å². The van der Waals surface area contributed by atoms with Crippen molar-refractivity contribution in [2.24, 2.45) is 5.73 Å². The zero-order valence-electron chi connectivity index (χ0n) is 9.37. The van der Waals surface area contributed by atoms with Crippen molar-refractivity contribution in [1.29, 1.82) is 0 Å². The van der Waals surface area contributed by atoms with Crippen molar-refractivity contribution in [2.45, 2.75) is 5.92 Å². The number of para-hydroxylation sites is 2. The van der Waals surface area contributed by atoms with Crippen LogP contribution in [0.3, 0.4) is 0 Å². The molecule has 0 fully saturated rings. The summed E-state index contributed by atoms with van der Waals surface area (Å²) in [6, 6.07) is 10.5. The number of furan rings is 1. The van der Waals surface area contributed by atoms with Gasteiger partial charge in [0.15, 0.2) is 11.5 Å². The van der Waals surface area contributed by atoms with E-state index in [0.717, 1.165) is 5.76 Å². The number of hydrogen-bond acceptors (Lipinski definition) is 4. The highest BCUT2D eigenvalue weighted by Crippen LogP contribution is 2.26. The van der Waals surface area contributed by atoms with Crippen LogP contribution < -0.4 is 10.5 Å². The van der Waals surface area contributed by atoms with Gasteiger partial charge in [-0.2, -0.15) is 0 Å². The summed E-state index contributed by atoms with van der Waals surface area (Å²) in [6.45, 7) is 0.808. The Balaban J connectivity index is 2.00. The third kappa shape index (κ3) is 2.79. The van der Waals surface area contributed by atoms with Crippen molar-refractivity contribution in [3.05, 3.63) is 48.4 Å². The van der Waals surface area contributed by atoms with E-state index in [9.17, 15) is 5.11 Å². The Labute approximate surface area is 99.6 Å². The molecule has 0 aliphatic carbocycles. The molecule has 1 aromatic heterocycles. The van der Waals surface area contributed by atoms with Crippen molar-refractivity contribution in [3.63, 3.8) is 0 Å². The Kier molecular flexibility index (Phi) is 3.67. The Morgan fingerprint density at radius 1 is 1.24 bits per heavy atom. The topological polar surface area (TPSA) is 68.6 Å². The fourth-order valence-corrected chi connectivity index (χ4v) is 1.56. The van der Waals surface area contributed by atoms with Crippen molar-refractivity contribution in [1.82, 2.24) is 0 Å². The molecule has 1 aromatic carbocycles. The summed E-state index contributed by atoms with van der Waals surface area (Å²) in [7, 11) is 0. The van der Waals surface area contributed by atoms with Crippen LogP contribution in [0.2, 0.25) is 0 Å². The normalized spacial score (nSPS) is 12.3. The average molecular weight is 233 g/mol. The Morgan fingerprint density at radius 3 is 2.71 bits per heavy atom. The van der Waals surface area contributed by atoms with E-state index >= 15 is 0 Å². The Morgan fingerprint density at radius 2 is 2.06 bits per heavy atom. The zero-order valence-corrected chi connectivity index (χ0v) is 9.37. The predicted octanol–water partition coefficient (Wildman–Crippen LogP) is 2.11. The van der Waals surface area contributed by atoms with Gasteiger partial charge in [-0.05, 0) is 24.3 Å². The van der Waals surface area contributed by atoms with Gasteiger partial charge in [0.25, 0.3) is 0 Å². The van der Waals surface area contributed by atoms with E-state index in [1.807, 2.05) is 12.1 Å². The molecule has 4 nitrogen and oxygen atoms in total. The van der Waals surface area contributed by atoms with Crippen LogP contribution in [0.4, 0.5) is 0 Å². The number of aromatic hydroxyl groups is 1. The first-order valence-corrected chi connectivity index (χ1v) is 5.45. The van der Waals surface area contributed by atoms with Gasteiger partial charge in [0.05, 0.1) is 18.8 Å². The van der Waals surface area contributed by atoms with Crippen molar-refractivity contribution >= 4 is 0 Å². The fraction of sp³-hybridized carbons (Fsp3) is 0.231. The van der Waals surface area contributed by atoms with E-state index in [2.05, 4.69) is 0 Å². The summed E-state index contributed by atoms with van der Waals surface area (Å²) >= 11 is 0. The van der Waals surface area contributed by atoms with Crippen LogP contribution in [0.25, 0.3) is 0 Å². The first kappa shape index (κ1) is 11.5. The van der Waals surface area contributed by atoms with Gasteiger partial charge in [-0.15, -0.1) is 0 Å². The minimum atomic E-state index is -0.00962. The highest BCUT2D eigenvalue weighted by atomic mass is 16.5. The summed E-state index contributed by atoms with van der Waals surface area (Å²) in [5.41, 5.74) is 5.66. The molecular weight excluding hydrogens is 218 g/mol. The third-order valence-corrected chi connectivity index (χ3v) is 2.54. The Bertz CT molecular complexity index is 453. The quantitative estimate of drug-likeness (QED) is 0.829. The summed E-state index contributed by atoms with van der Waals surface area (Å²) in [5.74, 6) is 1.37. The van der Waals surface area contributed by atoms with Crippen molar-refractivity contribution in [3.8, 4) is 11.5 Å². The van der Waals surface area contributed by atoms with Crippen LogP contribution in [0.15, 0.2) is 47.1 Å². The predicted molar refractivity (Wildman–Crippen MR) is 64.1 cm³/mol. The number of phenolic OH excluding ortho intramolecular Hbond substituents is 1. The fourth-order valence-electron chi connectivity index (χ4n) is 1.56. The molecule has 2 aromatic rings. The lowest BCUT2D eigenvalue weighted by Crippen LogP contribution is -2.19. The smallest absolute Gasteiger partial charge is 0.160 e. The molecule has 2 rings (SSSR count). The molecule has 90 valence electrons. The maximum atomic E-state index is 9.55. The molecule has 17 heavy (non-hydrogen) atoms. The molecule has 0 amide bonds. The molecule has 0 aliphatic rings. The van der Waals surface area contributed by atoms with E-state index in [-0.39, 0.29) is 11.7 Å². The second-order valence-electron chi connectivity index (χ2n) is 3.73. The molecule has 0 radical (unpaired) electrons. The lowest BCUT2D eigenvalue weighted by molar-refractivity contribution is 0.261. The first-order valence-electron chi connectivity index (χ1n) is 5.45. The van der Waals surface area contributed by atoms with Gasteiger partial charge in [0.2, 0.25) is 0 Å². The number of phenols is 1. The van der Waals surface area contributed by atoms with Crippen molar-refractivity contribution in [2.75, 3.05) is 13.2 Å². The van der Waals surface area contributed by atoms with Gasteiger partial charge in [-0.3, -0.25) is 0 Å². The number of nitrogens with two attached hydrogens (primary N) is 1. The van der Waals surface area contributed by atoms with E-state index < -0.39 is 0 Å². The standard InChI is InChI=1S/C13H15NO3/c14-8-10(12-6-3-7-16-12)9-17-13-5-2-1-4-11(13)15/h1-7,10,15H,8-9,14H2. The molecule has 4 heteroatoms. The lowest BCUT2D eigenvalue weighted by atomic mass is 10.1. The van der Waals surface area contributed by atoms with Gasteiger partial charge in [0.1, 0.15) is 5.76 Å². The molecular formula is C13H15NO3. The number of hydrogen-bond donors (Lipinski definition) is 2.